The predicted octanol–water partition coefficient (Wildman–Crippen LogP) is 2.26. The minimum Gasteiger partial charge on any atom is -0.364 e. The lowest BCUT2D eigenvalue weighted by atomic mass is 10.1. The molecule has 116 valence electrons. The van der Waals surface area contributed by atoms with E-state index >= 15 is 0 Å². The summed E-state index contributed by atoms with van der Waals surface area (Å²) >= 11 is 1.21. The average Bonchev–Trinajstić information content (AvgIpc) is 3.29. The van der Waals surface area contributed by atoms with Crippen molar-refractivity contribution in [3.63, 3.8) is 0 Å². The van der Waals surface area contributed by atoms with Gasteiger partial charge in [-0.15, -0.1) is 0 Å². The number of nitrogens with zero attached hydrogens (tertiary/aromatic N) is 6. The van der Waals surface area contributed by atoms with Gasteiger partial charge >= 0.3 is 0 Å². The van der Waals surface area contributed by atoms with Crippen LogP contribution < -0.4 is 9.80 Å². The van der Waals surface area contributed by atoms with Crippen LogP contribution in [0.2, 0.25) is 0 Å². The maximum Gasteiger partial charge on any atom is 0.198 e. The van der Waals surface area contributed by atoms with Crippen molar-refractivity contribution < 1.29 is 0 Å². The molecule has 0 radical (unpaired) electrons. The number of anilines is 2. The van der Waals surface area contributed by atoms with E-state index in [2.05, 4.69) is 59.7 Å². The molecule has 2 atom stereocenters. The molecule has 5 rings (SSSR count). The summed E-state index contributed by atoms with van der Waals surface area (Å²) < 4.78 is 8.62. The second-order valence-electron chi connectivity index (χ2n) is 6.27. The standard InChI is InChI=1S/C16H16N6S/c1-10-4-2-3-5-13(10)21-7-12-6-11(21)8-22(12)16-14-15(17-9-18-16)20-23-19-14/h2-5,9,11-12H,6-8H2,1H3/t11-,12-/m0/s1. The number of hydrogen-bond acceptors (Lipinski definition) is 7. The maximum atomic E-state index is 4.50. The molecule has 0 amide bonds. The summed E-state index contributed by atoms with van der Waals surface area (Å²) in [5.74, 6) is 0.945. The zero-order valence-corrected chi connectivity index (χ0v) is 13.6. The van der Waals surface area contributed by atoms with Crippen LogP contribution in [0.1, 0.15) is 12.0 Å². The lowest BCUT2D eigenvalue weighted by Crippen LogP contribution is -2.47. The monoisotopic (exact) mass is 324 g/mol. The highest BCUT2D eigenvalue weighted by molar-refractivity contribution is 7.00. The molecule has 0 saturated carbocycles. The van der Waals surface area contributed by atoms with E-state index in [0.29, 0.717) is 17.7 Å². The molecule has 0 N–H and O–H groups in total. The molecule has 7 heteroatoms. The van der Waals surface area contributed by atoms with E-state index in [1.165, 1.54) is 29.4 Å². The summed E-state index contributed by atoms with van der Waals surface area (Å²) in [6, 6.07) is 9.67. The number of aromatic nitrogens is 4. The highest BCUT2D eigenvalue weighted by Crippen LogP contribution is 2.38. The first-order chi connectivity index (χ1) is 11.3. The van der Waals surface area contributed by atoms with Gasteiger partial charge in [0.2, 0.25) is 0 Å². The number of rotatable bonds is 2. The number of aryl methyl sites for hydroxylation is 1. The van der Waals surface area contributed by atoms with Crippen LogP contribution in [-0.4, -0.2) is 43.9 Å². The summed E-state index contributed by atoms with van der Waals surface area (Å²) in [5.41, 5.74) is 4.26. The molecular weight excluding hydrogens is 308 g/mol. The molecule has 2 saturated heterocycles. The molecule has 6 nitrogen and oxygen atoms in total. The van der Waals surface area contributed by atoms with E-state index in [-0.39, 0.29) is 0 Å². The van der Waals surface area contributed by atoms with Crippen molar-refractivity contribution in [2.45, 2.75) is 25.4 Å². The Kier molecular flexibility index (Phi) is 2.78. The number of hydrogen-bond donors (Lipinski definition) is 0. The Morgan fingerprint density at radius 1 is 1.04 bits per heavy atom. The Morgan fingerprint density at radius 2 is 1.87 bits per heavy atom. The van der Waals surface area contributed by atoms with Crippen LogP contribution in [0.5, 0.6) is 0 Å². The van der Waals surface area contributed by atoms with Crippen molar-refractivity contribution >= 4 is 34.4 Å². The third-order valence-electron chi connectivity index (χ3n) is 4.98. The van der Waals surface area contributed by atoms with Gasteiger partial charge in [0.05, 0.1) is 17.8 Å². The second kappa shape index (κ2) is 4.86. The van der Waals surface area contributed by atoms with E-state index in [4.69, 9.17) is 0 Å². The molecule has 0 unspecified atom stereocenters. The van der Waals surface area contributed by atoms with E-state index in [9.17, 15) is 0 Å². The fourth-order valence-electron chi connectivity index (χ4n) is 3.93. The molecule has 2 bridgehead atoms. The molecule has 3 aromatic rings. The summed E-state index contributed by atoms with van der Waals surface area (Å²) in [5, 5.41) is 0. The maximum absolute atomic E-state index is 4.50. The van der Waals surface area contributed by atoms with E-state index in [0.717, 1.165) is 24.4 Å². The minimum absolute atomic E-state index is 0.486. The molecule has 1 aromatic carbocycles. The zero-order chi connectivity index (χ0) is 15.4. The van der Waals surface area contributed by atoms with E-state index < -0.39 is 0 Å². The predicted molar refractivity (Wildman–Crippen MR) is 91.1 cm³/mol. The van der Waals surface area contributed by atoms with Gasteiger partial charge in [-0.3, -0.25) is 0 Å². The minimum atomic E-state index is 0.486. The van der Waals surface area contributed by atoms with Crippen molar-refractivity contribution in [2.75, 3.05) is 22.9 Å². The third kappa shape index (κ3) is 1.92. The van der Waals surface area contributed by atoms with E-state index in [1.807, 2.05) is 0 Å². The lowest BCUT2D eigenvalue weighted by Gasteiger charge is -2.36. The van der Waals surface area contributed by atoms with Crippen molar-refractivity contribution in [1.82, 2.24) is 18.7 Å². The SMILES string of the molecule is Cc1ccccc1N1C[C@@H]2C[C@H]1CN2c1ncnc2nsnc12. The molecule has 0 spiro atoms. The third-order valence-corrected chi connectivity index (χ3v) is 5.50. The smallest absolute Gasteiger partial charge is 0.198 e. The van der Waals surface area contributed by atoms with Crippen LogP contribution in [0.4, 0.5) is 11.5 Å². The van der Waals surface area contributed by atoms with Gasteiger partial charge in [-0.05, 0) is 25.0 Å². The van der Waals surface area contributed by atoms with Gasteiger partial charge in [-0.2, -0.15) is 8.75 Å². The van der Waals surface area contributed by atoms with Crippen molar-refractivity contribution in [3.8, 4) is 0 Å². The molecular formula is C16H16N6S. The zero-order valence-electron chi connectivity index (χ0n) is 12.8. The molecule has 2 aliphatic rings. The number of piperazine rings is 1. The van der Waals surface area contributed by atoms with Crippen molar-refractivity contribution in [2.24, 2.45) is 0 Å². The van der Waals surface area contributed by atoms with Gasteiger partial charge in [0.15, 0.2) is 17.0 Å². The van der Waals surface area contributed by atoms with Crippen molar-refractivity contribution in [1.29, 1.82) is 0 Å². The number of para-hydroxylation sites is 1. The highest BCUT2D eigenvalue weighted by atomic mass is 32.1. The average molecular weight is 324 g/mol. The fourth-order valence-corrected chi connectivity index (χ4v) is 4.42. The molecule has 4 heterocycles. The van der Waals surface area contributed by atoms with Crippen LogP contribution in [0.3, 0.4) is 0 Å². The Balaban J connectivity index is 1.47. The first-order valence-corrected chi connectivity index (χ1v) is 8.56. The Morgan fingerprint density at radius 3 is 2.70 bits per heavy atom. The number of benzene rings is 1. The Bertz CT molecular complexity index is 878. The molecule has 2 aliphatic heterocycles. The topological polar surface area (TPSA) is 58.0 Å². The quantitative estimate of drug-likeness (QED) is 0.721. The van der Waals surface area contributed by atoms with Gasteiger partial charge < -0.3 is 9.80 Å². The lowest BCUT2D eigenvalue weighted by molar-refractivity contribution is 0.641. The van der Waals surface area contributed by atoms with Crippen LogP contribution in [0.25, 0.3) is 11.2 Å². The molecule has 2 fully saturated rings. The second-order valence-corrected chi connectivity index (χ2v) is 6.80. The normalized spacial score (nSPS) is 23.2. The van der Waals surface area contributed by atoms with Gasteiger partial charge in [-0.25, -0.2) is 9.97 Å². The summed E-state index contributed by atoms with van der Waals surface area (Å²) in [6.07, 6.45) is 2.78. The van der Waals surface area contributed by atoms with Gasteiger partial charge in [0.25, 0.3) is 0 Å². The van der Waals surface area contributed by atoms with Gasteiger partial charge in [0.1, 0.15) is 6.33 Å². The first kappa shape index (κ1) is 13.2. The van der Waals surface area contributed by atoms with Crippen LogP contribution in [0.15, 0.2) is 30.6 Å². The van der Waals surface area contributed by atoms with Crippen LogP contribution in [-0.2, 0) is 0 Å². The van der Waals surface area contributed by atoms with Crippen molar-refractivity contribution in [3.05, 3.63) is 36.2 Å². The van der Waals surface area contributed by atoms with E-state index in [1.54, 1.807) is 6.33 Å². The largest absolute Gasteiger partial charge is 0.364 e. The molecule has 2 aromatic heterocycles. The highest BCUT2D eigenvalue weighted by Gasteiger charge is 2.44. The summed E-state index contributed by atoms with van der Waals surface area (Å²) in [6.45, 7) is 4.22. The first-order valence-electron chi connectivity index (χ1n) is 7.83. The van der Waals surface area contributed by atoms with Gasteiger partial charge in [-0.1, -0.05) is 18.2 Å². The number of fused-ring (bicyclic) bond motifs is 3. The van der Waals surface area contributed by atoms with Gasteiger partial charge in [0, 0.05) is 24.8 Å². The molecule has 0 aliphatic carbocycles. The van der Waals surface area contributed by atoms with Crippen LogP contribution >= 0.6 is 11.7 Å². The summed E-state index contributed by atoms with van der Waals surface area (Å²) in [4.78, 5) is 13.6. The fraction of sp³-hybridized carbons (Fsp3) is 0.375. The van der Waals surface area contributed by atoms with Crippen LogP contribution in [0, 0.1) is 6.92 Å². The Labute approximate surface area is 138 Å². The summed E-state index contributed by atoms with van der Waals surface area (Å²) in [7, 11) is 0. The Hall–Kier alpha value is -2.28. The molecule has 23 heavy (non-hydrogen) atoms.